The van der Waals surface area contributed by atoms with Gasteiger partial charge in [0, 0.05) is 44.8 Å². The molecule has 0 atom stereocenters. The van der Waals surface area contributed by atoms with Gasteiger partial charge >= 0.3 is 0 Å². The van der Waals surface area contributed by atoms with Crippen LogP contribution in [-0.2, 0) is 6.54 Å². The fourth-order valence-corrected chi connectivity index (χ4v) is 6.90. The molecule has 0 unspecified atom stereocenters. The molecule has 6 nitrogen and oxygen atoms in total. The van der Waals surface area contributed by atoms with Crippen LogP contribution < -0.4 is 5.32 Å². The second-order valence-electron chi connectivity index (χ2n) is 12.0. The lowest BCUT2D eigenvalue weighted by Crippen LogP contribution is -2.09. The monoisotopic (exact) mass is 618 g/mol. The summed E-state index contributed by atoms with van der Waals surface area (Å²) in [6, 6.07) is 43.2. The molecule has 6 heteroatoms. The maximum absolute atomic E-state index is 6.75. The van der Waals surface area contributed by atoms with Gasteiger partial charge in [-0.05, 0) is 65.4 Å². The SMILES string of the molecule is C1=Cc2cc3oc4c(-c5ccccc5)ccc(-c5nc(-c6ccccc6)nc(-c6cccc7c6oc6ccccc67)n5)c4c3cc2CN1. The molecule has 0 radical (unpaired) electrons. The van der Waals surface area contributed by atoms with Gasteiger partial charge in [-0.1, -0.05) is 91.0 Å². The van der Waals surface area contributed by atoms with Crippen molar-refractivity contribution in [3.63, 3.8) is 0 Å². The minimum Gasteiger partial charge on any atom is -0.455 e. The number of aromatic nitrogens is 3. The number of fused-ring (bicyclic) bond motifs is 7. The third-order valence-electron chi connectivity index (χ3n) is 9.19. The van der Waals surface area contributed by atoms with Crippen molar-refractivity contribution in [2.75, 3.05) is 0 Å². The van der Waals surface area contributed by atoms with E-state index in [0.717, 1.165) is 83.8 Å². The average molecular weight is 619 g/mol. The first-order chi connectivity index (χ1) is 23.8. The Morgan fingerprint density at radius 3 is 2.04 bits per heavy atom. The molecule has 6 aromatic carbocycles. The zero-order chi connectivity index (χ0) is 31.6. The minimum absolute atomic E-state index is 0.545. The normalized spacial score (nSPS) is 12.6. The second-order valence-corrected chi connectivity index (χ2v) is 12.0. The van der Waals surface area contributed by atoms with E-state index in [1.54, 1.807) is 0 Å². The van der Waals surface area contributed by atoms with Gasteiger partial charge in [0.15, 0.2) is 17.5 Å². The Morgan fingerprint density at radius 2 is 1.19 bits per heavy atom. The molecule has 1 N–H and O–H groups in total. The Bertz CT molecular complexity index is 2730. The zero-order valence-corrected chi connectivity index (χ0v) is 25.6. The van der Waals surface area contributed by atoms with Crippen LogP contribution in [0.25, 0.3) is 95.2 Å². The van der Waals surface area contributed by atoms with E-state index in [-0.39, 0.29) is 0 Å². The highest BCUT2D eigenvalue weighted by molar-refractivity contribution is 6.16. The van der Waals surface area contributed by atoms with Gasteiger partial charge in [-0.25, -0.2) is 15.0 Å². The lowest BCUT2D eigenvalue weighted by molar-refractivity contribution is 0.669. The molecule has 1 aliphatic rings. The van der Waals surface area contributed by atoms with Crippen molar-refractivity contribution >= 4 is 50.0 Å². The smallest absolute Gasteiger partial charge is 0.167 e. The van der Waals surface area contributed by atoms with Crippen molar-refractivity contribution < 1.29 is 8.83 Å². The van der Waals surface area contributed by atoms with Gasteiger partial charge in [0.05, 0.1) is 5.56 Å². The molecule has 0 saturated carbocycles. The molecule has 226 valence electrons. The quantitative estimate of drug-likeness (QED) is 0.211. The number of nitrogens with zero attached hydrogens (tertiary/aromatic N) is 3. The predicted octanol–water partition coefficient (Wildman–Crippen LogP) is 10.4. The van der Waals surface area contributed by atoms with Gasteiger partial charge in [0.25, 0.3) is 0 Å². The summed E-state index contributed by atoms with van der Waals surface area (Å²) < 4.78 is 13.2. The van der Waals surface area contributed by atoms with Crippen LogP contribution in [-0.4, -0.2) is 15.0 Å². The van der Waals surface area contributed by atoms with Gasteiger partial charge in [-0.3, -0.25) is 0 Å². The summed E-state index contributed by atoms with van der Waals surface area (Å²) in [7, 11) is 0. The summed E-state index contributed by atoms with van der Waals surface area (Å²) >= 11 is 0. The third-order valence-corrected chi connectivity index (χ3v) is 9.19. The first kappa shape index (κ1) is 26.7. The summed E-state index contributed by atoms with van der Waals surface area (Å²) in [4.78, 5) is 15.4. The molecule has 4 heterocycles. The van der Waals surface area contributed by atoms with Crippen LogP contribution >= 0.6 is 0 Å². The number of hydrogen-bond acceptors (Lipinski definition) is 6. The van der Waals surface area contributed by atoms with Crippen LogP contribution in [0.2, 0.25) is 0 Å². The van der Waals surface area contributed by atoms with E-state index in [1.165, 1.54) is 5.56 Å². The van der Waals surface area contributed by atoms with E-state index in [1.807, 2.05) is 72.9 Å². The summed E-state index contributed by atoms with van der Waals surface area (Å²) in [5.41, 5.74) is 10.2. The first-order valence-electron chi connectivity index (χ1n) is 16.0. The first-order valence-corrected chi connectivity index (χ1v) is 16.0. The fourth-order valence-electron chi connectivity index (χ4n) is 6.90. The number of benzene rings is 6. The van der Waals surface area contributed by atoms with Crippen molar-refractivity contribution in [2.24, 2.45) is 0 Å². The van der Waals surface area contributed by atoms with E-state index in [9.17, 15) is 0 Å². The molecular weight excluding hydrogens is 592 g/mol. The molecule has 0 amide bonds. The molecule has 1 aliphatic heterocycles. The van der Waals surface area contributed by atoms with Crippen LogP contribution in [0.1, 0.15) is 11.1 Å². The largest absolute Gasteiger partial charge is 0.455 e. The number of nitrogens with one attached hydrogen (secondary N) is 1. The van der Waals surface area contributed by atoms with Crippen molar-refractivity contribution in [1.82, 2.24) is 20.3 Å². The molecule has 0 aliphatic carbocycles. The van der Waals surface area contributed by atoms with Gasteiger partial charge < -0.3 is 14.2 Å². The molecule has 3 aromatic heterocycles. The van der Waals surface area contributed by atoms with Gasteiger partial charge in [-0.15, -0.1) is 0 Å². The number of furan rings is 2. The Hall–Kier alpha value is -6.53. The predicted molar refractivity (Wildman–Crippen MR) is 192 cm³/mol. The van der Waals surface area contributed by atoms with Crippen molar-refractivity contribution in [1.29, 1.82) is 0 Å². The van der Waals surface area contributed by atoms with Crippen LogP contribution in [0.3, 0.4) is 0 Å². The Morgan fingerprint density at radius 1 is 0.500 bits per heavy atom. The summed E-state index contributed by atoms with van der Waals surface area (Å²) in [6.45, 7) is 0.748. The lowest BCUT2D eigenvalue weighted by atomic mass is 9.96. The van der Waals surface area contributed by atoms with E-state index in [0.29, 0.717) is 17.5 Å². The third kappa shape index (κ3) is 4.16. The van der Waals surface area contributed by atoms with E-state index in [4.69, 9.17) is 23.8 Å². The molecule has 9 aromatic rings. The molecular formula is C42H26N4O2. The fraction of sp³-hybridized carbons (Fsp3) is 0.0238. The number of hydrogen-bond donors (Lipinski definition) is 1. The van der Waals surface area contributed by atoms with E-state index < -0.39 is 0 Å². The van der Waals surface area contributed by atoms with Gasteiger partial charge in [0.1, 0.15) is 22.3 Å². The highest BCUT2D eigenvalue weighted by Gasteiger charge is 2.23. The summed E-state index contributed by atoms with van der Waals surface area (Å²) in [6.07, 6.45) is 4.07. The van der Waals surface area contributed by atoms with Crippen molar-refractivity contribution in [3.8, 4) is 45.3 Å². The van der Waals surface area contributed by atoms with Crippen molar-refractivity contribution in [2.45, 2.75) is 6.54 Å². The molecule has 48 heavy (non-hydrogen) atoms. The maximum atomic E-state index is 6.75. The lowest BCUT2D eigenvalue weighted by Gasteiger charge is -2.12. The number of rotatable bonds is 4. The van der Waals surface area contributed by atoms with E-state index >= 15 is 0 Å². The molecule has 10 rings (SSSR count). The molecule has 0 fully saturated rings. The Labute approximate surface area is 275 Å². The summed E-state index contributed by atoms with van der Waals surface area (Å²) in [5.74, 6) is 1.70. The standard InChI is InChI=1S/C42H26N4O2/c1-3-10-25(11-4-1)29-18-19-32(37-34-22-28-24-43-21-20-27(28)23-36(34)48-39(29)37)41-44-40(26-12-5-2-6-13-26)45-42(46-41)33-16-9-15-31-30-14-7-8-17-35(30)47-38(31)33/h1-23,43H,24H2. The van der Waals surface area contributed by atoms with Crippen LogP contribution in [0.15, 0.2) is 142 Å². The highest BCUT2D eigenvalue weighted by atomic mass is 16.3. The highest BCUT2D eigenvalue weighted by Crippen LogP contribution is 2.43. The molecule has 0 spiro atoms. The molecule has 0 saturated heterocycles. The second kappa shape index (κ2) is 10.5. The van der Waals surface area contributed by atoms with Crippen LogP contribution in [0.5, 0.6) is 0 Å². The Kier molecular flexibility index (Phi) is 5.84. The topological polar surface area (TPSA) is 77.0 Å². The average Bonchev–Trinajstić information content (AvgIpc) is 3.72. The van der Waals surface area contributed by atoms with Crippen LogP contribution in [0, 0.1) is 0 Å². The minimum atomic E-state index is 0.545. The zero-order valence-electron chi connectivity index (χ0n) is 25.6. The van der Waals surface area contributed by atoms with Crippen LogP contribution in [0.4, 0.5) is 0 Å². The van der Waals surface area contributed by atoms with Gasteiger partial charge in [0.2, 0.25) is 0 Å². The number of para-hydroxylation sites is 2. The van der Waals surface area contributed by atoms with E-state index in [2.05, 4.69) is 72.1 Å². The van der Waals surface area contributed by atoms with Gasteiger partial charge in [-0.2, -0.15) is 0 Å². The summed E-state index contributed by atoms with van der Waals surface area (Å²) in [5, 5.41) is 7.43. The maximum Gasteiger partial charge on any atom is 0.167 e. The van der Waals surface area contributed by atoms with Crippen molar-refractivity contribution in [3.05, 3.63) is 145 Å². The molecule has 0 bridgehead atoms. The Balaban J connectivity index is 1.28.